The first-order valence-corrected chi connectivity index (χ1v) is 9.31. The molecule has 7 heteroatoms. The summed E-state index contributed by atoms with van der Waals surface area (Å²) in [4.78, 5) is 38.8. The Bertz CT molecular complexity index is 958. The number of fused-ring (bicyclic) bond motifs is 1. The number of amides is 2. The van der Waals surface area contributed by atoms with E-state index in [1.807, 2.05) is 6.07 Å². The first-order valence-electron chi connectivity index (χ1n) is 9.31. The van der Waals surface area contributed by atoms with Crippen molar-refractivity contribution < 1.29 is 23.9 Å². The zero-order chi connectivity index (χ0) is 20.8. The van der Waals surface area contributed by atoms with Crippen LogP contribution in [0.5, 0.6) is 5.75 Å². The van der Waals surface area contributed by atoms with Crippen molar-refractivity contribution in [3.8, 4) is 11.8 Å². The van der Waals surface area contributed by atoms with Crippen LogP contribution in [0.25, 0.3) is 0 Å². The first kappa shape index (κ1) is 20.1. The van der Waals surface area contributed by atoms with Crippen LogP contribution in [0.15, 0.2) is 42.5 Å². The Balaban J connectivity index is 1.80. The number of esters is 1. The monoisotopic (exact) mass is 392 g/mol. The highest BCUT2D eigenvalue weighted by atomic mass is 16.5. The molecule has 0 aliphatic carbocycles. The molecule has 1 aliphatic rings. The lowest BCUT2D eigenvalue weighted by atomic mass is 10.1. The van der Waals surface area contributed by atoms with E-state index in [0.29, 0.717) is 41.9 Å². The molecule has 0 aromatic heterocycles. The Morgan fingerprint density at radius 3 is 2.41 bits per heavy atom. The maximum absolute atomic E-state index is 12.6. The molecule has 0 bridgehead atoms. The number of nitrogens with zero attached hydrogens (tertiary/aromatic N) is 2. The highest BCUT2D eigenvalue weighted by Gasteiger charge is 2.35. The van der Waals surface area contributed by atoms with Gasteiger partial charge in [-0.1, -0.05) is 18.2 Å². The molecule has 0 saturated carbocycles. The van der Waals surface area contributed by atoms with Crippen molar-refractivity contribution in [2.24, 2.45) is 0 Å². The Morgan fingerprint density at radius 2 is 1.79 bits per heavy atom. The number of carbonyl (C=O) groups excluding carboxylic acids is 3. The summed E-state index contributed by atoms with van der Waals surface area (Å²) in [7, 11) is 0. The molecule has 148 valence electrons. The van der Waals surface area contributed by atoms with Gasteiger partial charge in [0.05, 0.1) is 37.0 Å². The van der Waals surface area contributed by atoms with E-state index < -0.39 is 5.97 Å². The SMILES string of the molecule is CCOc1ccc(CN2C(=O)c3ccccc3C2=O)cc1C(=O)OCCCC#N. The van der Waals surface area contributed by atoms with Crippen LogP contribution in [0.1, 0.15) is 56.4 Å². The fraction of sp³-hybridized carbons (Fsp3) is 0.273. The van der Waals surface area contributed by atoms with Crippen LogP contribution in [0.3, 0.4) is 0 Å². The van der Waals surface area contributed by atoms with E-state index in [-0.39, 0.29) is 30.5 Å². The van der Waals surface area contributed by atoms with E-state index in [0.717, 1.165) is 4.90 Å². The lowest BCUT2D eigenvalue weighted by Crippen LogP contribution is -2.29. The second kappa shape index (κ2) is 9.02. The van der Waals surface area contributed by atoms with Crippen molar-refractivity contribution in [3.63, 3.8) is 0 Å². The van der Waals surface area contributed by atoms with Gasteiger partial charge in [0.15, 0.2) is 0 Å². The normalized spacial score (nSPS) is 12.5. The van der Waals surface area contributed by atoms with Gasteiger partial charge in [0, 0.05) is 6.42 Å². The fourth-order valence-electron chi connectivity index (χ4n) is 3.08. The van der Waals surface area contributed by atoms with Crippen LogP contribution < -0.4 is 4.74 Å². The summed E-state index contributed by atoms with van der Waals surface area (Å²) in [6.45, 7) is 2.33. The van der Waals surface area contributed by atoms with Gasteiger partial charge < -0.3 is 9.47 Å². The quantitative estimate of drug-likeness (QED) is 0.388. The third kappa shape index (κ3) is 4.27. The molecular weight excluding hydrogens is 372 g/mol. The van der Waals surface area contributed by atoms with Crippen molar-refractivity contribution in [2.75, 3.05) is 13.2 Å². The number of carbonyl (C=O) groups is 3. The molecule has 0 saturated heterocycles. The number of ether oxygens (including phenoxy) is 2. The summed E-state index contributed by atoms with van der Waals surface area (Å²) in [5.74, 6) is -0.931. The molecule has 7 nitrogen and oxygen atoms in total. The van der Waals surface area contributed by atoms with E-state index in [1.54, 1.807) is 49.4 Å². The molecule has 0 N–H and O–H groups in total. The minimum atomic E-state index is -0.574. The van der Waals surface area contributed by atoms with Gasteiger partial charge in [-0.25, -0.2) is 4.79 Å². The van der Waals surface area contributed by atoms with Gasteiger partial charge in [0.2, 0.25) is 0 Å². The summed E-state index contributed by atoms with van der Waals surface area (Å²) >= 11 is 0. The van der Waals surface area contributed by atoms with Crippen molar-refractivity contribution in [1.29, 1.82) is 5.26 Å². The average molecular weight is 392 g/mol. The minimum Gasteiger partial charge on any atom is -0.493 e. The van der Waals surface area contributed by atoms with Crippen molar-refractivity contribution in [2.45, 2.75) is 26.3 Å². The summed E-state index contributed by atoms with van der Waals surface area (Å²) in [6.07, 6.45) is 0.742. The summed E-state index contributed by atoms with van der Waals surface area (Å²) in [5.41, 5.74) is 1.57. The van der Waals surface area contributed by atoms with Crippen LogP contribution in [0, 0.1) is 11.3 Å². The van der Waals surface area contributed by atoms with Gasteiger partial charge in [-0.3, -0.25) is 14.5 Å². The highest BCUT2D eigenvalue weighted by molar-refractivity contribution is 6.21. The molecule has 29 heavy (non-hydrogen) atoms. The first-order chi connectivity index (χ1) is 14.1. The number of imide groups is 1. The Kier molecular flexibility index (Phi) is 6.25. The molecule has 2 amide bonds. The number of hydrogen-bond donors (Lipinski definition) is 0. The predicted octanol–water partition coefficient (Wildman–Crippen LogP) is 3.34. The molecule has 2 aromatic carbocycles. The van der Waals surface area contributed by atoms with Gasteiger partial charge in [-0.05, 0) is 43.2 Å². The minimum absolute atomic E-state index is 0.0352. The van der Waals surface area contributed by atoms with E-state index in [1.165, 1.54) is 0 Å². The molecule has 1 heterocycles. The van der Waals surface area contributed by atoms with Gasteiger partial charge in [-0.2, -0.15) is 5.26 Å². The standard InChI is InChI=1S/C22H20N2O5/c1-2-28-19-10-9-15(13-18(19)22(27)29-12-6-5-11-23)14-24-20(25)16-7-3-4-8-17(16)21(24)26/h3-4,7-10,13H,2,5-6,12,14H2,1H3. The van der Waals surface area contributed by atoms with Crippen LogP contribution in [-0.2, 0) is 11.3 Å². The fourth-order valence-corrected chi connectivity index (χ4v) is 3.08. The molecule has 3 rings (SSSR count). The maximum Gasteiger partial charge on any atom is 0.341 e. The van der Waals surface area contributed by atoms with Gasteiger partial charge in [0.25, 0.3) is 11.8 Å². The van der Waals surface area contributed by atoms with E-state index in [2.05, 4.69) is 0 Å². The molecule has 0 radical (unpaired) electrons. The number of hydrogen-bond acceptors (Lipinski definition) is 6. The van der Waals surface area contributed by atoms with E-state index >= 15 is 0 Å². The van der Waals surface area contributed by atoms with Crippen LogP contribution in [0.4, 0.5) is 0 Å². The van der Waals surface area contributed by atoms with Crippen LogP contribution in [0.2, 0.25) is 0 Å². The zero-order valence-corrected chi connectivity index (χ0v) is 16.0. The summed E-state index contributed by atoms with van der Waals surface area (Å²) in [5, 5.41) is 8.57. The smallest absolute Gasteiger partial charge is 0.341 e. The Hall–Kier alpha value is -3.66. The average Bonchev–Trinajstić information content (AvgIpc) is 2.97. The van der Waals surface area contributed by atoms with E-state index in [4.69, 9.17) is 14.7 Å². The predicted molar refractivity (Wildman–Crippen MR) is 103 cm³/mol. The highest BCUT2D eigenvalue weighted by Crippen LogP contribution is 2.27. The number of rotatable bonds is 8. The van der Waals surface area contributed by atoms with Gasteiger partial charge in [0.1, 0.15) is 11.3 Å². The third-order valence-corrected chi connectivity index (χ3v) is 4.45. The molecule has 0 atom stereocenters. The third-order valence-electron chi connectivity index (χ3n) is 4.45. The van der Waals surface area contributed by atoms with Crippen LogP contribution in [-0.4, -0.2) is 35.9 Å². The molecule has 0 fully saturated rings. The number of benzene rings is 2. The van der Waals surface area contributed by atoms with Crippen molar-refractivity contribution in [1.82, 2.24) is 4.90 Å². The molecule has 2 aromatic rings. The largest absolute Gasteiger partial charge is 0.493 e. The topological polar surface area (TPSA) is 96.7 Å². The second-order valence-corrected chi connectivity index (χ2v) is 6.40. The summed E-state index contributed by atoms with van der Waals surface area (Å²) < 4.78 is 10.7. The molecule has 0 spiro atoms. The van der Waals surface area contributed by atoms with Gasteiger partial charge >= 0.3 is 5.97 Å². The molecule has 1 aliphatic heterocycles. The second-order valence-electron chi connectivity index (χ2n) is 6.40. The number of unbranched alkanes of at least 4 members (excludes halogenated alkanes) is 1. The molecule has 0 unspecified atom stereocenters. The zero-order valence-electron chi connectivity index (χ0n) is 16.0. The van der Waals surface area contributed by atoms with Crippen molar-refractivity contribution in [3.05, 3.63) is 64.7 Å². The Morgan fingerprint density at radius 1 is 1.10 bits per heavy atom. The molecular formula is C22H20N2O5. The summed E-state index contributed by atoms with van der Waals surface area (Å²) in [6, 6.07) is 13.6. The maximum atomic E-state index is 12.6. The van der Waals surface area contributed by atoms with Gasteiger partial charge in [-0.15, -0.1) is 0 Å². The van der Waals surface area contributed by atoms with Crippen LogP contribution >= 0.6 is 0 Å². The Labute approximate surface area is 168 Å². The van der Waals surface area contributed by atoms with Crippen molar-refractivity contribution >= 4 is 17.8 Å². The lowest BCUT2D eigenvalue weighted by molar-refractivity contribution is 0.0497. The van der Waals surface area contributed by atoms with E-state index in [9.17, 15) is 14.4 Å². The number of nitriles is 1. The lowest BCUT2D eigenvalue weighted by Gasteiger charge is -2.16.